The maximum Gasteiger partial charge on any atom is 0.223 e. The van der Waals surface area contributed by atoms with E-state index in [-0.39, 0.29) is 11.8 Å². The number of H-pyrrole nitrogens is 2. The van der Waals surface area contributed by atoms with Crippen molar-refractivity contribution in [3.63, 3.8) is 0 Å². The third-order valence-electron chi connectivity index (χ3n) is 10.4. The molecule has 1 spiro atoms. The molecular weight excluding hydrogens is 516 g/mol. The molecular formula is C31H48N8O2. The molecule has 4 fully saturated rings. The number of aromatic amines is 2. The van der Waals surface area contributed by atoms with Gasteiger partial charge in [-0.25, -0.2) is 9.97 Å². The molecule has 1 aliphatic carbocycles. The second-order valence-electron chi connectivity index (χ2n) is 13.0. The number of likely N-dealkylation sites (tertiary alicyclic amines) is 3. The van der Waals surface area contributed by atoms with Crippen molar-refractivity contribution in [3.8, 4) is 0 Å². The van der Waals surface area contributed by atoms with Crippen molar-refractivity contribution in [1.29, 1.82) is 0 Å². The Morgan fingerprint density at radius 1 is 0.780 bits per heavy atom. The smallest absolute Gasteiger partial charge is 0.223 e. The Morgan fingerprint density at radius 2 is 1.37 bits per heavy atom. The quantitative estimate of drug-likeness (QED) is 0.483. The zero-order valence-electron chi connectivity index (χ0n) is 24.6. The second kappa shape index (κ2) is 13.1. The fourth-order valence-electron chi connectivity index (χ4n) is 7.84. The van der Waals surface area contributed by atoms with E-state index in [2.05, 4.69) is 34.6 Å². The second-order valence-corrected chi connectivity index (χ2v) is 13.0. The van der Waals surface area contributed by atoms with E-state index in [0.717, 1.165) is 76.2 Å². The molecule has 2 N–H and O–H groups in total. The molecule has 5 heterocycles. The van der Waals surface area contributed by atoms with E-state index in [1.165, 1.54) is 58.0 Å². The van der Waals surface area contributed by atoms with Crippen LogP contribution in [0.25, 0.3) is 0 Å². The van der Waals surface area contributed by atoms with Crippen LogP contribution in [-0.4, -0.2) is 103 Å². The van der Waals surface area contributed by atoms with E-state index in [1.807, 2.05) is 17.3 Å². The van der Waals surface area contributed by atoms with Gasteiger partial charge < -0.3 is 24.7 Å². The van der Waals surface area contributed by atoms with Gasteiger partial charge in [0.25, 0.3) is 0 Å². The minimum Gasteiger partial charge on any atom is -0.348 e. The first kappa shape index (κ1) is 28.4. The van der Waals surface area contributed by atoms with Crippen molar-refractivity contribution in [1.82, 2.24) is 39.5 Å². The van der Waals surface area contributed by atoms with Crippen molar-refractivity contribution in [2.45, 2.75) is 102 Å². The number of nitrogens with one attached hydrogen (secondary N) is 2. The van der Waals surface area contributed by atoms with Gasteiger partial charge in [-0.2, -0.15) is 0 Å². The summed E-state index contributed by atoms with van der Waals surface area (Å²) >= 11 is 0. The highest BCUT2D eigenvalue weighted by Crippen LogP contribution is 2.42. The Morgan fingerprint density at radius 3 is 1.95 bits per heavy atom. The number of carbonyl (C=O) groups excluding carboxylic acids is 2. The zero-order valence-corrected chi connectivity index (χ0v) is 24.6. The van der Waals surface area contributed by atoms with Crippen LogP contribution in [0.15, 0.2) is 24.8 Å². The minimum atomic E-state index is 0.120. The summed E-state index contributed by atoms with van der Waals surface area (Å²) < 4.78 is 0. The Labute approximate surface area is 244 Å². The number of nitrogens with zero attached hydrogens (tertiary/aromatic N) is 6. The van der Waals surface area contributed by atoms with Crippen molar-refractivity contribution >= 4 is 11.8 Å². The van der Waals surface area contributed by atoms with E-state index < -0.39 is 0 Å². The van der Waals surface area contributed by atoms with Crippen molar-refractivity contribution in [2.75, 3.05) is 39.3 Å². The number of piperidine rings is 2. The van der Waals surface area contributed by atoms with Crippen LogP contribution in [0.1, 0.15) is 88.7 Å². The van der Waals surface area contributed by atoms with E-state index in [9.17, 15) is 9.59 Å². The predicted molar refractivity (Wildman–Crippen MR) is 157 cm³/mol. The molecule has 10 heteroatoms. The molecule has 0 aromatic carbocycles. The molecule has 0 bridgehead atoms. The zero-order chi connectivity index (χ0) is 28.1. The lowest BCUT2D eigenvalue weighted by Gasteiger charge is -2.43. The molecule has 3 aliphatic heterocycles. The average Bonchev–Trinajstić information content (AvgIpc) is 3.80. The monoisotopic (exact) mass is 564 g/mol. The van der Waals surface area contributed by atoms with Crippen molar-refractivity contribution in [2.24, 2.45) is 5.41 Å². The Bertz CT molecular complexity index is 1060. The topological polar surface area (TPSA) is 104 Å². The van der Waals surface area contributed by atoms with Gasteiger partial charge in [-0.05, 0) is 63.5 Å². The predicted octanol–water partition coefficient (Wildman–Crippen LogP) is 3.55. The summed E-state index contributed by atoms with van der Waals surface area (Å²) in [5.74, 6) is 2.16. The summed E-state index contributed by atoms with van der Waals surface area (Å²) in [6, 6.07) is 1.15. The highest BCUT2D eigenvalue weighted by atomic mass is 16.2. The molecule has 224 valence electrons. The maximum atomic E-state index is 13.1. The van der Waals surface area contributed by atoms with E-state index in [1.54, 1.807) is 12.4 Å². The van der Waals surface area contributed by atoms with Gasteiger partial charge in [-0.1, -0.05) is 19.3 Å². The van der Waals surface area contributed by atoms with Gasteiger partial charge in [-0.3, -0.25) is 14.5 Å². The van der Waals surface area contributed by atoms with Crippen molar-refractivity contribution in [3.05, 3.63) is 36.4 Å². The number of hydrogen-bond donors (Lipinski definition) is 2. The van der Waals surface area contributed by atoms with Crippen LogP contribution >= 0.6 is 0 Å². The average molecular weight is 565 g/mol. The van der Waals surface area contributed by atoms with E-state index in [4.69, 9.17) is 0 Å². The molecule has 0 radical (unpaired) electrons. The number of amides is 2. The van der Waals surface area contributed by atoms with Crippen LogP contribution in [0.4, 0.5) is 0 Å². The molecule has 0 atom stereocenters. The third-order valence-corrected chi connectivity index (χ3v) is 10.4. The molecule has 2 amide bonds. The first-order chi connectivity index (χ1) is 20.1. The molecule has 3 saturated heterocycles. The van der Waals surface area contributed by atoms with E-state index >= 15 is 0 Å². The van der Waals surface area contributed by atoms with Crippen LogP contribution < -0.4 is 0 Å². The van der Waals surface area contributed by atoms with Crippen LogP contribution in [0.5, 0.6) is 0 Å². The Kier molecular flexibility index (Phi) is 9.05. The molecule has 4 aliphatic rings. The van der Waals surface area contributed by atoms with Gasteiger partial charge in [0.05, 0.1) is 13.1 Å². The SMILES string of the molecule is O=C(CCC(=O)N1CCC2(CCN(C3CCCCC3)CC2)C1)N1CCC(N(Cc2ncc[nH]2)Cc2ncc[nH]2)CC1. The summed E-state index contributed by atoms with van der Waals surface area (Å²) in [5, 5.41) is 0. The highest BCUT2D eigenvalue weighted by Gasteiger charge is 2.43. The summed E-state index contributed by atoms with van der Waals surface area (Å²) in [6.45, 7) is 7.05. The largest absolute Gasteiger partial charge is 0.348 e. The van der Waals surface area contributed by atoms with Gasteiger partial charge in [0.1, 0.15) is 11.6 Å². The lowest BCUT2D eigenvalue weighted by atomic mass is 9.77. The summed E-state index contributed by atoms with van der Waals surface area (Å²) in [7, 11) is 0. The summed E-state index contributed by atoms with van der Waals surface area (Å²) in [4.78, 5) is 50.7. The Hall–Kier alpha value is -2.72. The number of carbonyl (C=O) groups is 2. The highest BCUT2D eigenvalue weighted by molar-refractivity contribution is 5.84. The van der Waals surface area contributed by atoms with Gasteiger partial charge in [-0.15, -0.1) is 0 Å². The molecule has 10 nitrogen and oxygen atoms in total. The number of imidazole rings is 2. The van der Waals surface area contributed by atoms with Crippen LogP contribution in [0.2, 0.25) is 0 Å². The number of aromatic nitrogens is 4. The standard InChI is InChI=1S/C31H48N8O2/c40-29(37-17-8-26(9-18-37)39(22-27-32-13-14-33-27)23-28-34-15-16-35-28)6-7-30(41)38-21-12-31(24-38)10-19-36(20-11-31)25-4-2-1-3-5-25/h13-16,25-26H,1-12,17-24H2,(H,32,33)(H,34,35). The summed E-state index contributed by atoms with van der Waals surface area (Å²) in [6.07, 6.45) is 20.3. The van der Waals surface area contributed by atoms with Gasteiger partial charge in [0.2, 0.25) is 11.8 Å². The molecule has 0 unspecified atom stereocenters. The van der Waals surface area contributed by atoms with Crippen molar-refractivity contribution < 1.29 is 9.59 Å². The third kappa shape index (κ3) is 7.02. The summed E-state index contributed by atoms with van der Waals surface area (Å²) in [5.41, 5.74) is 0.309. The molecule has 2 aromatic rings. The lowest BCUT2D eigenvalue weighted by molar-refractivity contribution is -0.137. The Balaban J connectivity index is 0.930. The van der Waals surface area contributed by atoms with Gasteiger partial charge in [0.15, 0.2) is 0 Å². The minimum absolute atomic E-state index is 0.120. The number of hydrogen-bond acceptors (Lipinski definition) is 6. The lowest BCUT2D eigenvalue weighted by Crippen LogP contribution is -2.47. The van der Waals surface area contributed by atoms with E-state index in [0.29, 0.717) is 24.3 Å². The molecule has 2 aromatic heterocycles. The molecule has 6 rings (SSSR count). The van der Waals surface area contributed by atoms with Gasteiger partial charge in [0, 0.05) is 75.9 Å². The fraction of sp³-hybridized carbons (Fsp3) is 0.742. The maximum absolute atomic E-state index is 13.1. The normalized spacial score (nSPS) is 22.7. The number of rotatable bonds is 9. The molecule has 41 heavy (non-hydrogen) atoms. The first-order valence-electron chi connectivity index (χ1n) is 16.1. The molecule has 1 saturated carbocycles. The van der Waals surface area contributed by atoms with Crippen LogP contribution in [0, 0.1) is 5.41 Å². The van der Waals surface area contributed by atoms with Crippen LogP contribution in [-0.2, 0) is 22.7 Å². The fourth-order valence-corrected chi connectivity index (χ4v) is 7.84. The van der Waals surface area contributed by atoms with Gasteiger partial charge >= 0.3 is 0 Å². The first-order valence-corrected chi connectivity index (χ1v) is 16.1. The van der Waals surface area contributed by atoms with Crippen LogP contribution in [0.3, 0.4) is 0 Å².